The minimum Gasteiger partial charge on any atom is -0.357 e. The van der Waals surface area contributed by atoms with E-state index < -0.39 is 0 Å². The van der Waals surface area contributed by atoms with E-state index in [1.807, 2.05) is 23.1 Å². The summed E-state index contributed by atoms with van der Waals surface area (Å²) in [6.07, 6.45) is 4.73. The second-order valence-corrected chi connectivity index (χ2v) is 7.98. The fourth-order valence-electron chi connectivity index (χ4n) is 2.90. The maximum Gasteiger partial charge on any atom is 0.191 e. The number of aliphatic imine (C=N–C) groups is 1. The zero-order chi connectivity index (χ0) is 16.3. The normalized spacial score (nSPS) is 18.9. The second kappa shape index (κ2) is 13.2. The summed E-state index contributed by atoms with van der Waals surface area (Å²) in [5.74, 6) is 2.76. The van der Waals surface area contributed by atoms with Crippen LogP contribution in [0.1, 0.15) is 24.6 Å². The molecule has 138 valence electrons. The largest absolute Gasteiger partial charge is 0.357 e. The third-order valence-electron chi connectivity index (χ3n) is 4.01. The van der Waals surface area contributed by atoms with Gasteiger partial charge in [-0.05, 0) is 49.9 Å². The van der Waals surface area contributed by atoms with Crippen LogP contribution in [0.5, 0.6) is 0 Å². The van der Waals surface area contributed by atoms with Gasteiger partial charge in [0.15, 0.2) is 5.96 Å². The fraction of sp³-hybridized carbons (Fsp3) is 0.706. The highest BCUT2D eigenvalue weighted by molar-refractivity contribution is 14.0. The Morgan fingerprint density at radius 2 is 2.33 bits per heavy atom. The third-order valence-corrected chi connectivity index (χ3v) is 5.49. The van der Waals surface area contributed by atoms with Crippen LogP contribution in [0.3, 0.4) is 0 Å². The summed E-state index contributed by atoms with van der Waals surface area (Å²) in [6.45, 7) is 8.44. The van der Waals surface area contributed by atoms with E-state index >= 15 is 0 Å². The first-order valence-corrected chi connectivity index (χ1v) is 10.8. The minimum atomic E-state index is 0. The number of thioether (sulfide) groups is 1. The maximum atomic E-state index is 4.80. The Morgan fingerprint density at radius 3 is 3.04 bits per heavy atom. The van der Waals surface area contributed by atoms with E-state index in [9.17, 15) is 0 Å². The van der Waals surface area contributed by atoms with Crippen molar-refractivity contribution in [3.05, 3.63) is 22.4 Å². The number of hydrogen-bond donors (Lipinski definition) is 2. The van der Waals surface area contributed by atoms with E-state index in [1.54, 1.807) is 0 Å². The lowest BCUT2D eigenvalue weighted by Crippen LogP contribution is -2.40. The molecule has 1 unspecified atom stereocenters. The van der Waals surface area contributed by atoms with Crippen LogP contribution in [-0.2, 0) is 6.54 Å². The van der Waals surface area contributed by atoms with Crippen molar-refractivity contribution in [1.82, 2.24) is 15.5 Å². The highest BCUT2D eigenvalue weighted by atomic mass is 127. The average molecular weight is 483 g/mol. The molecule has 0 saturated carbocycles. The molecule has 0 spiro atoms. The van der Waals surface area contributed by atoms with Crippen LogP contribution in [0, 0.1) is 5.92 Å². The van der Waals surface area contributed by atoms with Gasteiger partial charge in [-0.1, -0.05) is 6.07 Å². The van der Waals surface area contributed by atoms with Crippen LogP contribution in [0.15, 0.2) is 22.5 Å². The monoisotopic (exact) mass is 482 g/mol. The molecule has 0 radical (unpaired) electrons. The molecule has 1 aliphatic rings. The van der Waals surface area contributed by atoms with E-state index in [2.05, 4.69) is 46.2 Å². The smallest absolute Gasteiger partial charge is 0.191 e. The van der Waals surface area contributed by atoms with Gasteiger partial charge in [0.1, 0.15) is 0 Å². The van der Waals surface area contributed by atoms with Crippen LogP contribution >= 0.6 is 47.1 Å². The first-order chi connectivity index (χ1) is 11.3. The summed E-state index contributed by atoms with van der Waals surface area (Å²) in [7, 11) is 0. The Balaban J connectivity index is 0.00000288. The van der Waals surface area contributed by atoms with Crippen LogP contribution in [-0.4, -0.2) is 55.6 Å². The van der Waals surface area contributed by atoms with E-state index in [0.29, 0.717) is 5.92 Å². The minimum absolute atomic E-state index is 0. The molecule has 1 aromatic heterocycles. The quantitative estimate of drug-likeness (QED) is 0.258. The summed E-state index contributed by atoms with van der Waals surface area (Å²) >= 11 is 3.72. The molecule has 2 N–H and O–H groups in total. The molecule has 2 rings (SSSR count). The van der Waals surface area contributed by atoms with Gasteiger partial charge in [0.05, 0.1) is 0 Å². The Kier molecular flexibility index (Phi) is 12.2. The molecule has 2 heterocycles. The van der Waals surface area contributed by atoms with Crippen molar-refractivity contribution in [2.75, 3.05) is 44.7 Å². The average Bonchev–Trinajstić information content (AvgIpc) is 3.06. The van der Waals surface area contributed by atoms with Gasteiger partial charge < -0.3 is 10.6 Å². The van der Waals surface area contributed by atoms with Crippen LogP contribution < -0.4 is 10.6 Å². The van der Waals surface area contributed by atoms with Crippen LogP contribution in [0.2, 0.25) is 0 Å². The number of guanidine groups is 1. The van der Waals surface area contributed by atoms with Gasteiger partial charge in [0.25, 0.3) is 0 Å². The van der Waals surface area contributed by atoms with E-state index in [4.69, 9.17) is 4.99 Å². The molecule has 1 atom stereocenters. The zero-order valence-electron chi connectivity index (χ0n) is 14.8. The predicted octanol–water partition coefficient (Wildman–Crippen LogP) is 3.50. The summed E-state index contributed by atoms with van der Waals surface area (Å²) < 4.78 is 0. The second-order valence-electron chi connectivity index (χ2n) is 5.96. The Hall–Kier alpha value is 0.01000. The van der Waals surface area contributed by atoms with Crippen molar-refractivity contribution >= 4 is 53.0 Å². The number of piperidine rings is 1. The molecule has 0 aromatic carbocycles. The Bertz CT molecular complexity index is 453. The standard InChI is InChI=1S/C17H30N4S2.HI/c1-3-18-17(19-8-11-22-2)20-12-15-6-4-9-21(13-15)14-16-7-5-10-23-16;/h5,7,10,15H,3-4,6,8-9,11-14H2,1-2H3,(H2,18,19,20);1H. The van der Waals surface area contributed by atoms with Crippen molar-refractivity contribution in [3.63, 3.8) is 0 Å². The van der Waals surface area contributed by atoms with Crippen LogP contribution in [0.4, 0.5) is 0 Å². The Labute approximate surface area is 172 Å². The van der Waals surface area contributed by atoms with Crippen molar-refractivity contribution in [2.45, 2.75) is 26.3 Å². The number of thiophene rings is 1. The number of nitrogens with zero attached hydrogens (tertiary/aromatic N) is 2. The molecule has 1 aliphatic heterocycles. The zero-order valence-corrected chi connectivity index (χ0v) is 18.8. The van der Waals surface area contributed by atoms with Crippen molar-refractivity contribution < 1.29 is 0 Å². The molecule has 0 aliphatic carbocycles. The number of likely N-dealkylation sites (tertiary alicyclic amines) is 1. The molecular formula is C17H31IN4S2. The number of halogens is 1. The summed E-state index contributed by atoms with van der Waals surface area (Å²) in [5, 5.41) is 8.93. The van der Waals surface area contributed by atoms with Crippen LogP contribution in [0.25, 0.3) is 0 Å². The molecule has 0 amide bonds. The number of rotatable bonds is 8. The lowest BCUT2D eigenvalue weighted by Gasteiger charge is -2.31. The molecule has 24 heavy (non-hydrogen) atoms. The fourth-order valence-corrected chi connectivity index (χ4v) is 3.95. The lowest BCUT2D eigenvalue weighted by molar-refractivity contribution is 0.172. The van der Waals surface area contributed by atoms with E-state index in [-0.39, 0.29) is 24.0 Å². The highest BCUT2D eigenvalue weighted by Gasteiger charge is 2.20. The SMILES string of the molecule is CCNC(=NCC1CCCN(Cc2cccs2)C1)NCCSC.I. The van der Waals surface area contributed by atoms with Gasteiger partial charge in [-0.2, -0.15) is 11.8 Å². The van der Waals surface area contributed by atoms with Crippen molar-refractivity contribution in [1.29, 1.82) is 0 Å². The summed E-state index contributed by atoms with van der Waals surface area (Å²) in [4.78, 5) is 8.86. The van der Waals surface area contributed by atoms with Gasteiger partial charge >= 0.3 is 0 Å². The van der Waals surface area contributed by atoms with E-state index in [0.717, 1.165) is 37.9 Å². The molecule has 0 bridgehead atoms. The first kappa shape index (κ1) is 22.1. The van der Waals surface area contributed by atoms with Crippen molar-refractivity contribution in [2.24, 2.45) is 10.9 Å². The van der Waals surface area contributed by atoms with Gasteiger partial charge in [-0.3, -0.25) is 9.89 Å². The van der Waals surface area contributed by atoms with E-state index in [1.165, 1.54) is 30.8 Å². The van der Waals surface area contributed by atoms with Gasteiger partial charge in [-0.15, -0.1) is 35.3 Å². The predicted molar refractivity (Wildman–Crippen MR) is 120 cm³/mol. The summed E-state index contributed by atoms with van der Waals surface area (Å²) in [5.41, 5.74) is 0. The molecule has 1 fully saturated rings. The van der Waals surface area contributed by atoms with Gasteiger partial charge in [0.2, 0.25) is 0 Å². The first-order valence-electron chi connectivity index (χ1n) is 8.57. The maximum absolute atomic E-state index is 4.80. The molecule has 7 heteroatoms. The molecule has 4 nitrogen and oxygen atoms in total. The third kappa shape index (κ3) is 8.40. The van der Waals surface area contributed by atoms with Gasteiger partial charge in [0, 0.05) is 43.4 Å². The topological polar surface area (TPSA) is 39.7 Å². The van der Waals surface area contributed by atoms with Crippen molar-refractivity contribution in [3.8, 4) is 0 Å². The molecule has 1 saturated heterocycles. The summed E-state index contributed by atoms with van der Waals surface area (Å²) in [6, 6.07) is 4.39. The number of nitrogens with one attached hydrogen (secondary N) is 2. The highest BCUT2D eigenvalue weighted by Crippen LogP contribution is 2.20. The number of hydrogen-bond acceptors (Lipinski definition) is 4. The Morgan fingerprint density at radius 1 is 1.46 bits per heavy atom. The molecular weight excluding hydrogens is 451 g/mol. The lowest BCUT2D eigenvalue weighted by atomic mass is 9.98. The van der Waals surface area contributed by atoms with Gasteiger partial charge in [-0.25, -0.2) is 0 Å². The molecule has 1 aromatic rings.